The zero-order valence-electron chi connectivity index (χ0n) is 9.52. The second kappa shape index (κ2) is 5.26. The lowest BCUT2D eigenvalue weighted by Gasteiger charge is -2.26. The van der Waals surface area contributed by atoms with E-state index in [0.717, 1.165) is 5.56 Å². The fraction of sp³-hybridized carbons (Fsp3) is 0.455. The van der Waals surface area contributed by atoms with Crippen LogP contribution in [0.4, 0.5) is 0 Å². The second-order valence-corrected chi connectivity index (χ2v) is 9.29. The number of alkyl halides is 2. The molecule has 0 saturated carbocycles. The van der Waals surface area contributed by atoms with Gasteiger partial charge in [-0.2, -0.15) is 0 Å². The Balaban J connectivity index is 3.17. The maximum Gasteiger partial charge on any atom is 0.229 e. The molecule has 0 aliphatic carbocycles. The van der Waals surface area contributed by atoms with Gasteiger partial charge in [-0.25, -0.2) is 8.42 Å². The molecular formula is C11H14BrClO3S. The number of rotatable bonds is 4. The zero-order chi connectivity index (χ0) is 13.3. The van der Waals surface area contributed by atoms with E-state index in [1.807, 2.05) is 13.0 Å². The number of halogens is 2. The summed E-state index contributed by atoms with van der Waals surface area (Å²) >= 11 is 8.86. The Labute approximate surface area is 115 Å². The van der Waals surface area contributed by atoms with E-state index in [4.69, 9.17) is 11.6 Å². The van der Waals surface area contributed by atoms with Crippen LogP contribution in [0.2, 0.25) is 0 Å². The number of hydrogen-bond donors (Lipinski definition) is 1. The minimum atomic E-state index is -3.63. The third kappa shape index (κ3) is 3.02. The predicted molar refractivity (Wildman–Crippen MR) is 73.1 cm³/mol. The van der Waals surface area contributed by atoms with Gasteiger partial charge < -0.3 is 5.11 Å². The fourth-order valence-corrected chi connectivity index (χ4v) is 3.66. The van der Waals surface area contributed by atoms with Gasteiger partial charge >= 0.3 is 0 Å². The maximum atomic E-state index is 11.8. The lowest BCUT2D eigenvalue weighted by Crippen LogP contribution is -2.34. The SMILES string of the molecule is CCS(=O)(=O)[C@@](Cl)(Br)[C@@H](O)c1cccc(C)c1. The first-order valence-electron chi connectivity index (χ1n) is 5.07. The number of benzene rings is 1. The van der Waals surface area contributed by atoms with Crippen LogP contribution in [-0.2, 0) is 9.84 Å². The van der Waals surface area contributed by atoms with Gasteiger partial charge in [-0.3, -0.25) is 0 Å². The minimum Gasteiger partial charge on any atom is -0.385 e. The largest absolute Gasteiger partial charge is 0.385 e. The van der Waals surface area contributed by atoms with E-state index >= 15 is 0 Å². The van der Waals surface area contributed by atoms with Crippen LogP contribution in [0.3, 0.4) is 0 Å². The number of hydrogen-bond acceptors (Lipinski definition) is 3. The molecule has 1 rings (SSSR count). The third-order valence-electron chi connectivity index (χ3n) is 2.47. The Morgan fingerprint density at radius 1 is 1.53 bits per heavy atom. The van der Waals surface area contributed by atoms with Crippen LogP contribution in [0.25, 0.3) is 0 Å². The van der Waals surface area contributed by atoms with Crippen LogP contribution >= 0.6 is 27.5 Å². The molecule has 96 valence electrons. The fourth-order valence-electron chi connectivity index (χ4n) is 1.40. The molecule has 0 heterocycles. The van der Waals surface area contributed by atoms with Gasteiger partial charge in [0.05, 0.1) is 5.75 Å². The molecule has 0 spiro atoms. The number of sulfone groups is 1. The van der Waals surface area contributed by atoms with Gasteiger partial charge in [0, 0.05) is 0 Å². The van der Waals surface area contributed by atoms with Crippen molar-refractivity contribution in [1.82, 2.24) is 0 Å². The van der Waals surface area contributed by atoms with Crippen LogP contribution < -0.4 is 0 Å². The van der Waals surface area contributed by atoms with Gasteiger partial charge in [0.25, 0.3) is 0 Å². The van der Waals surface area contributed by atoms with E-state index in [0.29, 0.717) is 5.56 Å². The Morgan fingerprint density at radius 3 is 2.59 bits per heavy atom. The molecule has 0 unspecified atom stereocenters. The molecule has 0 aromatic heterocycles. The first-order valence-corrected chi connectivity index (χ1v) is 7.89. The monoisotopic (exact) mass is 340 g/mol. The first kappa shape index (κ1) is 15.0. The van der Waals surface area contributed by atoms with Crippen LogP contribution in [-0.4, -0.2) is 22.4 Å². The van der Waals surface area contributed by atoms with Crippen molar-refractivity contribution in [3.05, 3.63) is 35.4 Å². The normalized spacial score (nSPS) is 17.5. The zero-order valence-corrected chi connectivity index (χ0v) is 12.7. The molecule has 2 atom stereocenters. The van der Waals surface area contributed by atoms with Crippen molar-refractivity contribution >= 4 is 37.4 Å². The predicted octanol–water partition coefficient (Wildman–Crippen LogP) is 2.75. The van der Waals surface area contributed by atoms with Crippen LogP contribution in [0, 0.1) is 6.92 Å². The molecule has 0 saturated heterocycles. The number of aryl methyl sites for hydroxylation is 1. The van der Waals surface area contributed by atoms with Crippen molar-refractivity contribution in [1.29, 1.82) is 0 Å². The first-order chi connectivity index (χ1) is 7.72. The van der Waals surface area contributed by atoms with Gasteiger partial charge in [0.1, 0.15) is 6.10 Å². The number of aliphatic hydroxyl groups is 1. The van der Waals surface area contributed by atoms with E-state index in [-0.39, 0.29) is 5.75 Å². The minimum absolute atomic E-state index is 0.148. The molecule has 3 nitrogen and oxygen atoms in total. The average molecular weight is 342 g/mol. The van der Waals surface area contributed by atoms with Gasteiger partial charge in [-0.15, -0.1) is 0 Å². The lowest BCUT2D eigenvalue weighted by molar-refractivity contribution is 0.185. The highest BCUT2D eigenvalue weighted by atomic mass is 79.9. The summed E-state index contributed by atoms with van der Waals surface area (Å²) < 4.78 is 21.7. The molecule has 6 heteroatoms. The van der Waals surface area contributed by atoms with Crippen molar-refractivity contribution in [2.24, 2.45) is 0 Å². The molecule has 0 radical (unpaired) electrons. The van der Waals surface area contributed by atoms with Crippen molar-refractivity contribution in [3.63, 3.8) is 0 Å². The van der Waals surface area contributed by atoms with Crippen LogP contribution in [0.1, 0.15) is 24.2 Å². The highest BCUT2D eigenvalue weighted by molar-refractivity contribution is 9.12. The summed E-state index contributed by atoms with van der Waals surface area (Å²) in [4.78, 5) is 0. The molecular weight excluding hydrogens is 328 g/mol. The Bertz CT molecular complexity index is 499. The molecule has 0 bridgehead atoms. The summed E-state index contributed by atoms with van der Waals surface area (Å²) in [5, 5.41) is 10.1. The van der Waals surface area contributed by atoms with E-state index in [9.17, 15) is 13.5 Å². The summed E-state index contributed by atoms with van der Waals surface area (Å²) in [6.07, 6.45) is -1.32. The molecule has 1 N–H and O–H groups in total. The standard InChI is InChI=1S/C11H14BrClO3S/c1-3-17(15,16)11(12,13)10(14)9-6-4-5-8(2)7-9/h4-7,10,14H,3H2,1-2H3/t10-,11+/m0/s1. The summed E-state index contributed by atoms with van der Waals surface area (Å²) in [5.74, 6) is -0.148. The van der Waals surface area contributed by atoms with E-state index < -0.39 is 19.1 Å². The summed E-state index contributed by atoms with van der Waals surface area (Å²) in [6, 6.07) is 6.94. The Hall–Kier alpha value is -0.100. The molecule has 0 aliphatic rings. The van der Waals surface area contributed by atoms with Crippen molar-refractivity contribution in [3.8, 4) is 0 Å². The van der Waals surface area contributed by atoms with E-state index in [1.165, 1.54) is 6.92 Å². The topological polar surface area (TPSA) is 54.4 Å². The van der Waals surface area contributed by atoms with Gasteiger partial charge in [0.2, 0.25) is 3.12 Å². The third-order valence-corrected chi connectivity index (χ3v) is 7.11. The van der Waals surface area contributed by atoms with Crippen LogP contribution in [0.5, 0.6) is 0 Å². The van der Waals surface area contributed by atoms with Crippen LogP contribution in [0.15, 0.2) is 24.3 Å². The molecule has 0 fully saturated rings. The summed E-state index contributed by atoms with van der Waals surface area (Å²) in [7, 11) is -3.63. The average Bonchev–Trinajstić information content (AvgIpc) is 2.27. The molecule has 17 heavy (non-hydrogen) atoms. The van der Waals surface area contributed by atoms with Gasteiger partial charge in [0.15, 0.2) is 9.84 Å². The smallest absolute Gasteiger partial charge is 0.229 e. The van der Waals surface area contributed by atoms with Gasteiger partial charge in [-0.1, -0.05) is 48.4 Å². The highest BCUT2D eigenvalue weighted by Gasteiger charge is 2.45. The molecule has 0 amide bonds. The molecule has 1 aromatic rings. The highest BCUT2D eigenvalue weighted by Crippen LogP contribution is 2.42. The maximum absolute atomic E-state index is 11.8. The van der Waals surface area contributed by atoms with Crippen molar-refractivity contribution in [2.75, 3.05) is 5.75 Å². The van der Waals surface area contributed by atoms with Crippen molar-refractivity contribution < 1.29 is 13.5 Å². The van der Waals surface area contributed by atoms with Gasteiger partial charge in [-0.05, 0) is 28.4 Å². The lowest BCUT2D eigenvalue weighted by atomic mass is 10.1. The Morgan fingerprint density at radius 2 is 2.12 bits per heavy atom. The van der Waals surface area contributed by atoms with E-state index in [2.05, 4.69) is 15.9 Å². The number of aliphatic hydroxyl groups excluding tert-OH is 1. The molecule has 1 aromatic carbocycles. The van der Waals surface area contributed by atoms with E-state index in [1.54, 1.807) is 18.2 Å². The summed E-state index contributed by atoms with van der Waals surface area (Å²) in [5.41, 5.74) is 1.39. The quantitative estimate of drug-likeness (QED) is 0.857. The molecule has 0 aliphatic heterocycles. The summed E-state index contributed by atoms with van der Waals surface area (Å²) in [6.45, 7) is 3.34. The van der Waals surface area contributed by atoms with Crippen molar-refractivity contribution in [2.45, 2.75) is 23.1 Å². The second-order valence-electron chi connectivity index (χ2n) is 3.78. The Kier molecular flexibility index (Phi) is 4.63.